The summed E-state index contributed by atoms with van der Waals surface area (Å²) in [5.74, 6) is 0.649. The molecule has 1 amide bonds. The van der Waals surface area contributed by atoms with Crippen LogP contribution in [0.25, 0.3) is 0 Å². The average Bonchev–Trinajstić information content (AvgIpc) is 2.97. The first-order chi connectivity index (χ1) is 9.33. The molecule has 0 aliphatic carbocycles. The molecule has 1 aromatic heterocycles. The molecule has 0 spiro atoms. The number of rotatable bonds is 3. The van der Waals surface area contributed by atoms with Gasteiger partial charge in [0.2, 0.25) is 5.91 Å². The Hall–Kier alpha value is -2.21. The van der Waals surface area contributed by atoms with Crippen molar-refractivity contribution in [2.24, 2.45) is 0 Å². The summed E-state index contributed by atoms with van der Waals surface area (Å²) < 4.78 is 0. The Balaban J connectivity index is 1.60. The molecule has 1 aliphatic rings. The number of nitrogens with one attached hydrogen (secondary N) is 3. The number of carbonyl (C=O) groups is 1. The Morgan fingerprint density at radius 1 is 1.37 bits per heavy atom. The van der Waals surface area contributed by atoms with Gasteiger partial charge in [0, 0.05) is 6.54 Å². The van der Waals surface area contributed by atoms with E-state index in [4.69, 9.17) is 0 Å². The number of nitrogens with zero attached hydrogens (tertiary/aromatic N) is 2. The van der Waals surface area contributed by atoms with Gasteiger partial charge >= 0.3 is 0 Å². The van der Waals surface area contributed by atoms with Gasteiger partial charge in [0.15, 0.2) is 0 Å². The van der Waals surface area contributed by atoms with Gasteiger partial charge < -0.3 is 10.6 Å². The van der Waals surface area contributed by atoms with Crippen molar-refractivity contribution in [3.05, 3.63) is 47.5 Å². The van der Waals surface area contributed by atoms with Gasteiger partial charge in [-0.05, 0) is 17.5 Å². The molecule has 2 aromatic rings. The molecule has 1 aromatic carbocycles. The molecule has 1 atom stereocenters. The van der Waals surface area contributed by atoms with Gasteiger partial charge in [-0.15, -0.1) is 0 Å². The van der Waals surface area contributed by atoms with Crippen molar-refractivity contribution in [2.75, 3.05) is 0 Å². The molecule has 0 saturated carbocycles. The number of aromatic nitrogens is 3. The fraction of sp³-hybridized carbons (Fsp3) is 0.308. The van der Waals surface area contributed by atoms with E-state index >= 15 is 0 Å². The second-order valence-electron chi connectivity index (χ2n) is 4.56. The maximum Gasteiger partial charge on any atom is 0.237 e. The Bertz CT molecular complexity index is 566. The molecule has 2 heterocycles. The molecule has 19 heavy (non-hydrogen) atoms. The standard InChI is InChI=1S/C13H15N5O/c19-13(15-7-12-16-8-17-18-12)11-5-9-3-1-2-4-10(9)6-14-11/h1-4,8,11,14H,5-7H2,(H,15,19)(H,16,17,18)/t11-/m0/s1. The number of hydrogen-bond acceptors (Lipinski definition) is 4. The zero-order chi connectivity index (χ0) is 13.1. The van der Waals surface area contributed by atoms with Crippen molar-refractivity contribution >= 4 is 5.91 Å². The minimum absolute atomic E-state index is 0.00842. The molecule has 6 heteroatoms. The SMILES string of the molecule is O=C(NCc1ncn[nH]1)[C@@H]1Cc2ccccc2CN1. The molecule has 0 radical (unpaired) electrons. The van der Waals surface area contributed by atoms with E-state index in [2.05, 4.69) is 37.9 Å². The summed E-state index contributed by atoms with van der Waals surface area (Å²) in [4.78, 5) is 16.0. The van der Waals surface area contributed by atoms with Crippen molar-refractivity contribution in [3.63, 3.8) is 0 Å². The number of benzene rings is 1. The van der Waals surface area contributed by atoms with Crippen molar-refractivity contribution in [3.8, 4) is 0 Å². The predicted molar refractivity (Wildman–Crippen MR) is 69.0 cm³/mol. The van der Waals surface area contributed by atoms with Crippen LogP contribution in [0, 0.1) is 0 Å². The van der Waals surface area contributed by atoms with Gasteiger partial charge in [-0.3, -0.25) is 9.89 Å². The van der Waals surface area contributed by atoms with Crippen LogP contribution in [0.15, 0.2) is 30.6 Å². The number of amides is 1. The van der Waals surface area contributed by atoms with Crippen molar-refractivity contribution in [2.45, 2.75) is 25.6 Å². The third-order valence-electron chi connectivity index (χ3n) is 3.29. The van der Waals surface area contributed by atoms with E-state index in [9.17, 15) is 4.79 Å². The molecular formula is C13H15N5O. The van der Waals surface area contributed by atoms with Crippen LogP contribution in [0.3, 0.4) is 0 Å². The van der Waals surface area contributed by atoms with E-state index in [0.717, 1.165) is 13.0 Å². The lowest BCUT2D eigenvalue weighted by Crippen LogP contribution is -2.47. The van der Waals surface area contributed by atoms with Crippen LogP contribution in [0.4, 0.5) is 0 Å². The monoisotopic (exact) mass is 257 g/mol. The first-order valence-corrected chi connectivity index (χ1v) is 6.25. The number of H-pyrrole nitrogens is 1. The lowest BCUT2D eigenvalue weighted by molar-refractivity contribution is -0.123. The van der Waals surface area contributed by atoms with Gasteiger partial charge in [0.05, 0.1) is 12.6 Å². The van der Waals surface area contributed by atoms with Crippen LogP contribution in [-0.4, -0.2) is 27.1 Å². The highest BCUT2D eigenvalue weighted by molar-refractivity contribution is 5.82. The number of aromatic amines is 1. The first-order valence-electron chi connectivity index (χ1n) is 6.25. The lowest BCUT2D eigenvalue weighted by Gasteiger charge is -2.25. The first kappa shape index (κ1) is 11.9. The van der Waals surface area contributed by atoms with Crippen molar-refractivity contribution in [1.82, 2.24) is 25.8 Å². The predicted octanol–water partition coefficient (Wildman–Crippen LogP) is 0.135. The van der Waals surface area contributed by atoms with Crippen molar-refractivity contribution in [1.29, 1.82) is 0 Å². The minimum atomic E-state index is -0.183. The van der Waals surface area contributed by atoms with E-state index in [-0.39, 0.29) is 11.9 Å². The molecule has 0 fully saturated rings. The van der Waals surface area contributed by atoms with E-state index in [0.29, 0.717) is 12.4 Å². The summed E-state index contributed by atoms with van der Waals surface area (Å²) >= 11 is 0. The fourth-order valence-electron chi connectivity index (χ4n) is 2.25. The largest absolute Gasteiger partial charge is 0.347 e. The molecule has 1 aliphatic heterocycles. The molecule has 0 saturated heterocycles. The zero-order valence-electron chi connectivity index (χ0n) is 10.4. The Kier molecular flexibility index (Phi) is 3.24. The van der Waals surface area contributed by atoms with Crippen LogP contribution in [-0.2, 0) is 24.3 Å². The average molecular weight is 257 g/mol. The van der Waals surface area contributed by atoms with Gasteiger partial charge in [-0.25, -0.2) is 4.98 Å². The topological polar surface area (TPSA) is 82.7 Å². The summed E-state index contributed by atoms with van der Waals surface area (Å²) in [7, 11) is 0. The van der Waals surface area contributed by atoms with Gasteiger partial charge in [-0.1, -0.05) is 24.3 Å². The number of fused-ring (bicyclic) bond motifs is 1. The van der Waals surface area contributed by atoms with Gasteiger partial charge in [0.25, 0.3) is 0 Å². The maximum atomic E-state index is 12.1. The van der Waals surface area contributed by atoms with Crippen molar-refractivity contribution < 1.29 is 4.79 Å². The minimum Gasteiger partial charge on any atom is -0.347 e. The van der Waals surface area contributed by atoms with E-state index in [1.807, 2.05) is 12.1 Å². The molecule has 6 nitrogen and oxygen atoms in total. The Morgan fingerprint density at radius 2 is 2.21 bits per heavy atom. The van der Waals surface area contributed by atoms with Gasteiger partial charge in [-0.2, -0.15) is 5.10 Å². The lowest BCUT2D eigenvalue weighted by atomic mass is 9.95. The Morgan fingerprint density at radius 3 is 3.00 bits per heavy atom. The second-order valence-corrected chi connectivity index (χ2v) is 4.56. The van der Waals surface area contributed by atoms with Gasteiger partial charge in [0.1, 0.15) is 12.2 Å². The molecular weight excluding hydrogens is 242 g/mol. The highest BCUT2D eigenvalue weighted by Gasteiger charge is 2.23. The van der Waals surface area contributed by atoms with Crippen LogP contribution in [0.2, 0.25) is 0 Å². The van der Waals surface area contributed by atoms with Crippen LogP contribution < -0.4 is 10.6 Å². The molecule has 98 valence electrons. The molecule has 3 rings (SSSR count). The quantitative estimate of drug-likeness (QED) is 0.730. The van der Waals surface area contributed by atoms with E-state index < -0.39 is 0 Å². The molecule has 0 bridgehead atoms. The van der Waals surface area contributed by atoms with E-state index in [1.54, 1.807) is 0 Å². The third kappa shape index (κ3) is 2.63. The van der Waals surface area contributed by atoms with E-state index in [1.165, 1.54) is 17.5 Å². The number of carbonyl (C=O) groups excluding carboxylic acids is 1. The van der Waals surface area contributed by atoms with Crippen LogP contribution >= 0.6 is 0 Å². The summed E-state index contributed by atoms with van der Waals surface area (Å²) in [6.07, 6.45) is 2.15. The molecule has 3 N–H and O–H groups in total. The summed E-state index contributed by atoms with van der Waals surface area (Å²) in [6, 6.07) is 8.01. The smallest absolute Gasteiger partial charge is 0.237 e. The van der Waals surface area contributed by atoms with Crippen LogP contribution in [0.1, 0.15) is 17.0 Å². The molecule has 0 unspecified atom stereocenters. The Labute approximate surface area is 110 Å². The van der Waals surface area contributed by atoms with Crippen LogP contribution in [0.5, 0.6) is 0 Å². The number of hydrogen-bond donors (Lipinski definition) is 3. The summed E-state index contributed by atoms with van der Waals surface area (Å²) in [5.41, 5.74) is 2.50. The highest BCUT2D eigenvalue weighted by atomic mass is 16.2. The second kappa shape index (κ2) is 5.19. The third-order valence-corrected chi connectivity index (χ3v) is 3.29. The summed E-state index contributed by atoms with van der Waals surface area (Å²) in [6.45, 7) is 1.11. The maximum absolute atomic E-state index is 12.1. The summed E-state index contributed by atoms with van der Waals surface area (Å²) in [5, 5.41) is 12.6. The highest BCUT2D eigenvalue weighted by Crippen LogP contribution is 2.16. The zero-order valence-corrected chi connectivity index (χ0v) is 10.4. The fourth-order valence-corrected chi connectivity index (χ4v) is 2.25. The normalized spacial score (nSPS) is 17.8.